The molecule has 6 N–H and O–H groups in total. The number of aliphatic hydroxyl groups is 3. The van der Waals surface area contributed by atoms with Crippen LogP contribution < -0.4 is 5.73 Å². The Morgan fingerprint density at radius 1 is 1.20 bits per heavy atom. The van der Waals surface area contributed by atoms with Crippen molar-refractivity contribution in [2.45, 2.75) is 44.6 Å². The topological polar surface area (TPSA) is 158 Å². The van der Waals surface area contributed by atoms with Gasteiger partial charge >= 0.3 is 0 Å². The van der Waals surface area contributed by atoms with Gasteiger partial charge in [-0.2, -0.15) is 0 Å². The first-order valence-corrected chi connectivity index (χ1v) is 9.93. The van der Waals surface area contributed by atoms with Gasteiger partial charge in [-0.3, -0.25) is 14.4 Å². The minimum Gasteiger partial charge on any atom is -0.508 e. The van der Waals surface area contributed by atoms with Gasteiger partial charge in [0.2, 0.25) is 5.78 Å². The number of primary amides is 1. The van der Waals surface area contributed by atoms with E-state index in [9.17, 15) is 34.8 Å². The standard InChI is InChI=1S/C22H23NO7/c1-2-3-9-4-5-13(24)16-12(9)7-10-6-11-8-14(25)17(21(23)29)20(28)22(11,30)19(27)15(10)18(16)26/h4-5,10-11,24,26,28,30H,2-3,6-8H2,1H3,(H2,23,29)/t10?,11?,22-/m0/s1. The van der Waals surface area contributed by atoms with Crippen LogP contribution in [0.4, 0.5) is 0 Å². The molecule has 8 nitrogen and oxygen atoms in total. The van der Waals surface area contributed by atoms with Crippen LogP contribution in [0.15, 0.2) is 29.0 Å². The van der Waals surface area contributed by atoms with Crippen molar-refractivity contribution in [1.29, 1.82) is 0 Å². The molecule has 0 radical (unpaired) electrons. The molecule has 0 aliphatic heterocycles. The van der Waals surface area contributed by atoms with E-state index in [0.29, 0.717) is 6.42 Å². The second-order valence-electron chi connectivity index (χ2n) is 8.25. The zero-order valence-electron chi connectivity index (χ0n) is 16.4. The van der Waals surface area contributed by atoms with Crippen molar-refractivity contribution in [3.8, 4) is 5.75 Å². The molecule has 0 aromatic heterocycles. The van der Waals surface area contributed by atoms with Crippen molar-refractivity contribution in [2.24, 2.45) is 17.6 Å². The molecule has 0 spiro atoms. The second-order valence-corrected chi connectivity index (χ2v) is 8.25. The maximum atomic E-state index is 13.3. The summed E-state index contributed by atoms with van der Waals surface area (Å²) in [5.74, 6) is -6.07. The SMILES string of the molecule is CCCc1ccc(O)c2c1CC1CC3CC(=O)C(C(N)=O)=C(O)[C@@]3(O)C(=O)C1=C2O. The lowest BCUT2D eigenvalue weighted by atomic mass is 9.59. The Hall–Kier alpha value is -3.13. The van der Waals surface area contributed by atoms with Gasteiger partial charge in [-0.1, -0.05) is 19.4 Å². The van der Waals surface area contributed by atoms with Crippen molar-refractivity contribution >= 4 is 23.2 Å². The number of amides is 1. The van der Waals surface area contributed by atoms with E-state index in [1.165, 1.54) is 6.07 Å². The molecule has 4 rings (SSSR count). The fourth-order valence-corrected chi connectivity index (χ4v) is 5.19. The minimum atomic E-state index is -2.52. The largest absolute Gasteiger partial charge is 0.508 e. The highest BCUT2D eigenvalue weighted by Crippen LogP contribution is 2.52. The zero-order chi connectivity index (χ0) is 22.0. The predicted octanol–water partition coefficient (Wildman–Crippen LogP) is 1.38. The maximum absolute atomic E-state index is 13.3. The summed E-state index contributed by atoms with van der Waals surface area (Å²) < 4.78 is 0. The number of phenols is 1. The Morgan fingerprint density at radius 2 is 1.90 bits per heavy atom. The zero-order valence-corrected chi connectivity index (χ0v) is 16.4. The number of fused-ring (bicyclic) bond motifs is 3. The first kappa shape index (κ1) is 20.2. The van der Waals surface area contributed by atoms with E-state index in [-0.39, 0.29) is 29.7 Å². The van der Waals surface area contributed by atoms with E-state index in [1.54, 1.807) is 6.07 Å². The van der Waals surface area contributed by atoms with E-state index in [4.69, 9.17) is 5.73 Å². The molecule has 1 aromatic carbocycles. The monoisotopic (exact) mass is 413 g/mol. The number of rotatable bonds is 3. The Labute approximate surface area is 172 Å². The summed E-state index contributed by atoms with van der Waals surface area (Å²) in [7, 11) is 0. The minimum absolute atomic E-state index is 0.116. The van der Waals surface area contributed by atoms with Gasteiger partial charge in [0, 0.05) is 17.9 Å². The maximum Gasteiger partial charge on any atom is 0.255 e. The van der Waals surface area contributed by atoms with Crippen LogP contribution in [-0.2, 0) is 27.2 Å². The highest BCUT2D eigenvalue weighted by molar-refractivity contribution is 6.22. The molecule has 1 saturated carbocycles. The van der Waals surface area contributed by atoms with Gasteiger partial charge in [0.25, 0.3) is 5.91 Å². The first-order valence-electron chi connectivity index (χ1n) is 9.93. The Bertz CT molecular complexity index is 1070. The van der Waals surface area contributed by atoms with E-state index >= 15 is 0 Å². The van der Waals surface area contributed by atoms with Crippen molar-refractivity contribution in [2.75, 3.05) is 0 Å². The van der Waals surface area contributed by atoms with Crippen LogP contribution in [0.1, 0.15) is 42.9 Å². The van der Waals surface area contributed by atoms with Crippen molar-refractivity contribution in [3.63, 3.8) is 0 Å². The molecule has 3 aliphatic carbocycles. The van der Waals surface area contributed by atoms with Crippen LogP contribution in [0.5, 0.6) is 5.75 Å². The van der Waals surface area contributed by atoms with Crippen LogP contribution in [-0.4, -0.2) is 43.5 Å². The number of carbonyl (C=O) groups is 3. The van der Waals surface area contributed by atoms with Crippen LogP contribution in [0, 0.1) is 11.8 Å². The van der Waals surface area contributed by atoms with Crippen molar-refractivity contribution < 1.29 is 34.8 Å². The number of benzene rings is 1. The molecule has 8 heteroatoms. The molecular weight excluding hydrogens is 390 g/mol. The lowest BCUT2D eigenvalue weighted by molar-refractivity contribution is -0.147. The molecule has 1 amide bonds. The van der Waals surface area contributed by atoms with Gasteiger partial charge < -0.3 is 26.2 Å². The van der Waals surface area contributed by atoms with Gasteiger partial charge in [-0.05, 0) is 42.4 Å². The van der Waals surface area contributed by atoms with Crippen LogP contribution in [0.3, 0.4) is 0 Å². The van der Waals surface area contributed by atoms with E-state index in [2.05, 4.69) is 0 Å². The van der Waals surface area contributed by atoms with Crippen LogP contribution in [0.2, 0.25) is 0 Å². The van der Waals surface area contributed by atoms with Gasteiger partial charge in [0.1, 0.15) is 22.8 Å². The smallest absolute Gasteiger partial charge is 0.255 e. The fourth-order valence-electron chi connectivity index (χ4n) is 5.19. The average Bonchev–Trinajstić information content (AvgIpc) is 2.66. The third-order valence-corrected chi connectivity index (χ3v) is 6.56. The molecule has 30 heavy (non-hydrogen) atoms. The fraction of sp³-hybridized carbons (Fsp3) is 0.409. The molecule has 2 unspecified atom stereocenters. The third-order valence-electron chi connectivity index (χ3n) is 6.56. The van der Waals surface area contributed by atoms with Crippen molar-refractivity contribution in [1.82, 2.24) is 0 Å². The van der Waals surface area contributed by atoms with E-state index < -0.39 is 52.0 Å². The lowest BCUT2D eigenvalue weighted by Gasteiger charge is -2.46. The summed E-state index contributed by atoms with van der Waals surface area (Å²) in [6, 6.07) is 3.24. The molecule has 3 atom stereocenters. The van der Waals surface area contributed by atoms with Gasteiger partial charge in [0.05, 0.1) is 5.56 Å². The molecule has 3 aliphatic rings. The predicted molar refractivity (Wildman–Crippen MR) is 105 cm³/mol. The number of ketones is 2. The lowest BCUT2D eigenvalue weighted by Crippen LogP contribution is -2.58. The molecular formula is C22H23NO7. The number of Topliss-reactive ketones (excluding diaryl/α,β-unsaturated/α-hetero) is 2. The molecule has 1 fully saturated rings. The molecule has 0 saturated heterocycles. The second kappa shape index (κ2) is 6.70. The first-order chi connectivity index (χ1) is 14.1. The van der Waals surface area contributed by atoms with Gasteiger partial charge in [0.15, 0.2) is 11.4 Å². The number of aromatic hydroxyl groups is 1. The number of phenolic OH excluding ortho intramolecular Hbond substituents is 1. The number of hydrogen-bond acceptors (Lipinski definition) is 7. The molecule has 0 heterocycles. The summed E-state index contributed by atoms with van der Waals surface area (Å²) in [5, 5.41) is 43.0. The number of aliphatic hydroxyl groups excluding tert-OH is 2. The number of carbonyl (C=O) groups excluding carboxylic acids is 3. The van der Waals surface area contributed by atoms with Gasteiger partial charge in [-0.15, -0.1) is 0 Å². The van der Waals surface area contributed by atoms with Crippen molar-refractivity contribution in [3.05, 3.63) is 45.7 Å². The third kappa shape index (κ3) is 2.53. The normalized spacial score (nSPS) is 28.2. The Kier molecular flexibility index (Phi) is 4.50. The molecule has 1 aromatic rings. The summed E-state index contributed by atoms with van der Waals surface area (Å²) in [6.07, 6.45) is 1.75. The number of hydrogen-bond donors (Lipinski definition) is 5. The Morgan fingerprint density at radius 3 is 2.53 bits per heavy atom. The molecule has 0 bridgehead atoms. The van der Waals surface area contributed by atoms with Crippen LogP contribution >= 0.6 is 0 Å². The summed E-state index contributed by atoms with van der Waals surface area (Å²) in [5.41, 5.74) is 3.57. The average molecular weight is 413 g/mol. The highest BCUT2D eigenvalue weighted by Gasteiger charge is 2.60. The number of nitrogens with two attached hydrogens (primary N) is 1. The Balaban J connectivity index is 1.92. The summed E-state index contributed by atoms with van der Waals surface area (Å²) in [4.78, 5) is 37.3. The number of aryl methyl sites for hydroxylation is 1. The summed E-state index contributed by atoms with van der Waals surface area (Å²) >= 11 is 0. The van der Waals surface area contributed by atoms with Gasteiger partial charge in [-0.25, -0.2) is 0 Å². The summed E-state index contributed by atoms with van der Waals surface area (Å²) in [6.45, 7) is 2.01. The van der Waals surface area contributed by atoms with E-state index in [0.717, 1.165) is 24.0 Å². The quantitative estimate of drug-likeness (QED) is 0.468. The van der Waals surface area contributed by atoms with E-state index in [1.807, 2.05) is 6.92 Å². The molecule has 158 valence electrons. The van der Waals surface area contributed by atoms with Crippen LogP contribution in [0.25, 0.3) is 5.76 Å². The highest BCUT2D eigenvalue weighted by atomic mass is 16.3.